The summed E-state index contributed by atoms with van der Waals surface area (Å²) in [5.41, 5.74) is 3.12. The first-order chi connectivity index (χ1) is 18.4. The molecule has 4 heterocycles. The number of nitrogens with one attached hydrogen (secondary N) is 1. The lowest BCUT2D eigenvalue weighted by molar-refractivity contribution is 0.0531. The first-order valence-electron chi connectivity index (χ1n) is 13.6. The third-order valence-electron chi connectivity index (χ3n) is 6.20. The molecule has 1 fully saturated rings. The number of rotatable bonds is 7. The molecule has 0 radical (unpaired) electrons. The second-order valence-corrected chi connectivity index (χ2v) is 16.2. The number of amides is 1. The molecular formula is C29H44N6O3S. The zero-order chi connectivity index (χ0) is 28.6. The van der Waals surface area contributed by atoms with Gasteiger partial charge in [-0.25, -0.2) is 24.8 Å². The number of hydrogen-bond acceptors (Lipinski definition) is 7. The van der Waals surface area contributed by atoms with Crippen LogP contribution in [0.2, 0.25) is 0 Å². The van der Waals surface area contributed by atoms with Gasteiger partial charge < -0.3 is 19.7 Å². The topological polar surface area (TPSA) is 105 Å². The Hall–Kier alpha value is -3.03. The van der Waals surface area contributed by atoms with Gasteiger partial charge in [0.1, 0.15) is 29.7 Å². The highest BCUT2D eigenvalue weighted by Crippen LogP contribution is 2.37. The number of hydrogen-bond donors (Lipinski definition) is 1. The van der Waals surface area contributed by atoms with Crippen LogP contribution in [0.15, 0.2) is 24.5 Å². The van der Waals surface area contributed by atoms with E-state index in [0.29, 0.717) is 19.0 Å². The number of nitriles is 1. The quantitative estimate of drug-likeness (QED) is 0.375. The van der Waals surface area contributed by atoms with Gasteiger partial charge >= 0.3 is 6.09 Å². The summed E-state index contributed by atoms with van der Waals surface area (Å²) in [5, 5.41) is 14.1. The van der Waals surface area contributed by atoms with E-state index >= 15 is 0 Å². The molecule has 1 aliphatic rings. The summed E-state index contributed by atoms with van der Waals surface area (Å²) in [4.78, 5) is 22.2. The van der Waals surface area contributed by atoms with Gasteiger partial charge in [0.25, 0.3) is 0 Å². The van der Waals surface area contributed by atoms with Gasteiger partial charge in [-0.3, -0.25) is 4.57 Å². The summed E-state index contributed by atoms with van der Waals surface area (Å²) in [7, 11) is -0.585. The predicted molar refractivity (Wildman–Crippen MR) is 162 cm³/mol. The van der Waals surface area contributed by atoms with Crippen molar-refractivity contribution in [3.05, 3.63) is 30.2 Å². The standard InChI is InChI=1S/C22H29N5OS.C7H15NO2/c1-29(2,3)12-11-28-16-27-20-15-25-17(14-23)13-18(20)21-19(7-8-24-22(21)27)26-9-5-4-6-10-26;1-5-8-6(9)10-7(2,3)4/h7-8,13,15H,4-6,9-12,16H2,1-3H3;5H2,1-4H3,(H,8,9). The van der Waals surface area contributed by atoms with Gasteiger partial charge in [0.2, 0.25) is 0 Å². The van der Waals surface area contributed by atoms with Crippen LogP contribution in [-0.2, 0) is 16.2 Å². The van der Waals surface area contributed by atoms with Crippen LogP contribution in [0.3, 0.4) is 0 Å². The minimum Gasteiger partial charge on any atom is -0.444 e. The highest BCUT2D eigenvalue weighted by Gasteiger charge is 2.21. The van der Waals surface area contributed by atoms with E-state index in [4.69, 9.17) is 14.5 Å². The average Bonchev–Trinajstić information content (AvgIpc) is 3.19. The van der Waals surface area contributed by atoms with E-state index in [2.05, 4.69) is 50.7 Å². The molecule has 10 heteroatoms. The Bertz CT molecular complexity index is 1300. The van der Waals surface area contributed by atoms with Crippen molar-refractivity contribution in [3.63, 3.8) is 0 Å². The highest BCUT2D eigenvalue weighted by atomic mass is 32.3. The summed E-state index contributed by atoms with van der Waals surface area (Å²) < 4.78 is 13.1. The normalized spacial score (nSPS) is 14.5. The van der Waals surface area contributed by atoms with Crippen LogP contribution >= 0.6 is 10.0 Å². The van der Waals surface area contributed by atoms with E-state index in [1.54, 1.807) is 6.20 Å². The number of piperidine rings is 1. The van der Waals surface area contributed by atoms with Gasteiger partial charge in [-0.1, -0.05) is 0 Å². The Morgan fingerprint density at radius 1 is 1.18 bits per heavy atom. The molecule has 1 aliphatic heterocycles. The number of pyridine rings is 2. The van der Waals surface area contributed by atoms with Crippen LogP contribution in [0.25, 0.3) is 21.9 Å². The third-order valence-corrected chi connectivity index (χ3v) is 7.59. The zero-order valence-electron chi connectivity index (χ0n) is 24.5. The third kappa shape index (κ3) is 8.73. The molecule has 3 aromatic rings. The van der Waals surface area contributed by atoms with Crippen molar-refractivity contribution < 1.29 is 14.3 Å². The van der Waals surface area contributed by atoms with Gasteiger partial charge in [-0.05, 0) is 77.9 Å². The van der Waals surface area contributed by atoms with Gasteiger partial charge in [0, 0.05) is 42.7 Å². The molecule has 9 nitrogen and oxygen atoms in total. The molecule has 0 unspecified atom stereocenters. The molecule has 4 rings (SSSR count). The molecule has 3 aromatic heterocycles. The first kappa shape index (κ1) is 30.5. The molecule has 1 saturated heterocycles. The second kappa shape index (κ2) is 13.4. The number of carbonyl (C=O) groups is 1. The lowest BCUT2D eigenvalue weighted by Gasteiger charge is -2.29. The minimum atomic E-state index is -0.585. The van der Waals surface area contributed by atoms with Gasteiger partial charge in [0.15, 0.2) is 0 Å². The number of anilines is 1. The Morgan fingerprint density at radius 3 is 2.51 bits per heavy atom. The molecule has 1 amide bonds. The van der Waals surface area contributed by atoms with Crippen molar-refractivity contribution in [2.24, 2.45) is 0 Å². The molecule has 39 heavy (non-hydrogen) atoms. The number of aromatic nitrogens is 3. The molecule has 0 spiro atoms. The Balaban J connectivity index is 0.000000360. The zero-order valence-corrected chi connectivity index (χ0v) is 25.4. The van der Waals surface area contributed by atoms with Crippen molar-refractivity contribution >= 4 is 43.7 Å². The molecule has 1 N–H and O–H groups in total. The summed E-state index contributed by atoms with van der Waals surface area (Å²) in [5.74, 6) is 1.08. The Labute approximate surface area is 234 Å². The summed E-state index contributed by atoms with van der Waals surface area (Å²) >= 11 is 0. The summed E-state index contributed by atoms with van der Waals surface area (Å²) in [6.45, 7) is 11.3. The summed E-state index contributed by atoms with van der Waals surface area (Å²) in [6.07, 6.45) is 13.9. The first-order valence-corrected chi connectivity index (χ1v) is 16.6. The van der Waals surface area contributed by atoms with Crippen molar-refractivity contribution in [1.82, 2.24) is 19.9 Å². The molecule has 0 bridgehead atoms. The van der Waals surface area contributed by atoms with Crippen molar-refractivity contribution in [1.29, 1.82) is 5.26 Å². The van der Waals surface area contributed by atoms with Crippen LogP contribution < -0.4 is 10.2 Å². The van der Waals surface area contributed by atoms with Crippen molar-refractivity contribution in [2.75, 3.05) is 55.7 Å². The predicted octanol–water partition coefficient (Wildman–Crippen LogP) is 5.65. The van der Waals surface area contributed by atoms with Gasteiger partial charge in [0.05, 0.1) is 23.7 Å². The number of fused-ring (bicyclic) bond motifs is 3. The summed E-state index contributed by atoms with van der Waals surface area (Å²) in [6, 6.07) is 6.17. The molecule has 0 aliphatic carbocycles. The maximum Gasteiger partial charge on any atom is 0.407 e. The van der Waals surface area contributed by atoms with E-state index in [-0.39, 0.29) is 11.7 Å². The maximum atomic E-state index is 10.7. The second-order valence-electron chi connectivity index (χ2n) is 11.6. The maximum absolute atomic E-state index is 10.7. The van der Waals surface area contributed by atoms with Gasteiger partial charge in [-0.15, -0.1) is 0 Å². The molecule has 0 atom stereocenters. The molecular weight excluding hydrogens is 512 g/mol. The highest BCUT2D eigenvalue weighted by molar-refractivity contribution is 8.32. The largest absolute Gasteiger partial charge is 0.444 e. The average molecular weight is 557 g/mol. The number of alkyl carbamates (subject to hydrolysis) is 1. The van der Waals surface area contributed by atoms with Crippen LogP contribution in [0.4, 0.5) is 10.5 Å². The van der Waals surface area contributed by atoms with Gasteiger partial charge in [-0.2, -0.15) is 5.26 Å². The minimum absolute atomic E-state index is 0.352. The molecule has 214 valence electrons. The van der Waals surface area contributed by atoms with E-state index < -0.39 is 10.0 Å². The Kier molecular flexibility index (Phi) is 10.4. The smallest absolute Gasteiger partial charge is 0.407 e. The van der Waals surface area contributed by atoms with Crippen LogP contribution in [0, 0.1) is 11.3 Å². The van der Waals surface area contributed by atoms with E-state index in [0.717, 1.165) is 47.4 Å². The number of ether oxygens (including phenoxy) is 2. The monoisotopic (exact) mass is 556 g/mol. The van der Waals surface area contributed by atoms with E-state index in [1.807, 2.05) is 40.0 Å². The van der Waals surface area contributed by atoms with Crippen LogP contribution in [-0.4, -0.2) is 77.0 Å². The van der Waals surface area contributed by atoms with Crippen molar-refractivity contribution in [2.45, 2.75) is 59.3 Å². The fourth-order valence-electron chi connectivity index (χ4n) is 4.39. The number of nitrogens with zero attached hydrogens (tertiary/aromatic N) is 5. The Morgan fingerprint density at radius 2 is 1.90 bits per heavy atom. The fourth-order valence-corrected chi connectivity index (χ4v) is 5.01. The van der Waals surface area contributed by atoms with E-state index in [1.165, 1.54) is 24.9 Å². The van der Waals surface area contributed by atoms with Crippen LogP contribution in [0.5, 0.6) is 0 Å². The fraction of sp³-hybridized carbons (Fsp3) is 0.586. The SMILES string of the molecule is CCNC(=O)OC(C)(C)C.CS(C)(C)CCOCn1c2cnc(C#N)cc2c2c(N3CCCCC3)ccnc21. The number of carbonyl (C=O) groups excluding carboxylic acids is 1. The lowest BCUT2D eigenvalue weighted by atomic mass is 10.1. The van der Waals surface area contributed by atoms with Crippen LogP contribution in [0.1, 0.15) is 52.7 Å². The molecule has 0 aromatic carbocycles. The molecule has 0 saturated carbocycles. The van der Waals surface area contributed by atoms with Crippen molar-refractivity contribution in [3.8, 4) is 6.07 Å². The lowest BCUT2D eigenvalue weighted by Crippen LogP contribution is -2.32. The van der Waals surface area contributed by atoms with E-state index in [9.17, 15) is 10.1 Å².